The molecule has 0 fully saturated rings. The van der Waals surface area contributed by atoms with E-state index in [0.717, 1.165) is 16.9 Å². The van der Waals surface area contributed by atoms with Crippen molar-refractivity contribution >= 4 is 51.3 Å². The molecule has 0 bridgehead atoms. The summed E-state index contributed by atoms with van der Waals surface area (Å²) in [5.74, 6) is -2.41. The van der Waals surface area contributed by atoms with Gasteiger partial charge in [-0.05, 0) is 32.0 Å². The summed E-state index contributed by atoms with van der Waals surface area (Å²) in [5.41, 5.74) is 1.52. The SMILES string of the molecule is CC(=O)Nc1nc(C)c(-c2cnc(Cl)c(N(C(=O)C(F)(F)F)c3ccc(C)cc3)c2)s1. The highest BCUT2D eigenvalue weighted by Crippen LogP contribution is 2.39. The van der Waals surface area contributed by atoms with Crippen molar-refractivity contribution in [1.29, 1.82) is 0 Å². The fourth-order valence-electron chi connectivity index (χ4n) is 2.77. The van der Waals surface area contributed by atoms with Crippen molar-refractivity contribution in [2.24, 2.45) is 0 Å². The zero-order valence-electron chi connectivity index (χ0n) is 16.5. The van der Waals surface area contributed by atoms with Gasteiger partial charge < -0.3 is 5.32 Å². The summed E-state index contributed by atoms with van der Waals surface area (Å²) in [7, 11) is 0. The van der Waals surface area contributed by atoms with E-state index in [2.05, 4.69) is 15.3 Å². The Hall–Kier alpha value is -2.98. The molecule has 31 heavy (non-hydrogen) atoms. The molecule has 1 aromatic carbocycles. The second-order valence-electron chi connectivity index (χ2n) is 6.62. The number of alkyl halides is 3. The number of thiazole rings is 1. The molecule has 0 aliphatic carbocycles. The molecule has 0 saturated heterocycles. The molecule has 2 amide bonds. The largest absolute Gasteiger partial charge is 0.472 e. The smallest absolute Gasteiger partial charge is 0.302 e. The van der Waals surface area contributed by atoms with Crippen LogP contribution in [-0.2, 0) is 9.59 Å². The first-order valence-corrected chi connectivity index (χ1v) is 10.1. The lowest BCUT2D eigenvalue weighted by Crippen LogP contribution is -2.38. The van der Waals surface area contributed by atoms with Crippen LogP contribution in [0.15, 0.2) is 36.5 Å². The molecule has 2 aromatic heterocycles. The number of nitrogens with one attached hydrogen (secondary N) is 1. The van der Waals surface area contributed by atoms with E-state index < -0.39 is 12.1 Å². The van der Waals surface area contributed by atoms with E-state index in [-0.39, 0.29) is 22.4 Å². The van der Waals surface area contributed by atoms with Crippen LogP contribution in [0, 0.1) is 13.8 Å². The summed E-state index contributed by atoms with van der Waals surface area (Å²) in [6.07, 6.45) is -3.77. The lowest BCUT2D eigenvalue weighted by molar-refractivity contribution is -0.169. The Bertz CT molecular complexity index is 1150. The normalized spacial score (nSPS) is 11.3. The number of carbonyl (C=O) groups is 2. The molecule has 3 aromatic rings. The van der Waals surface area contributed by atoms with E-state index in [9.17, 15) is 22.8 Å². The topological polar surface area (TPSA) is 75.2 Å². The highest BCUT2D eigenvalue weighted by atomic mass is 35.5. The van der Waals surface area contributed by atoms with Crippen molar-refractivity contribution in [2.75, 3.05) is 10.2 Å². The molecule has 162 valence electrons. The molecule has 1 N–H and O–H groups in total. The van der Waals surface area contributed by atoms with Gasteiger partial charge >= 0.3 is 12.1 Å². The lowest BCUT2D eigenvalue weighted by atomic mass is 10.1. The summed E-state index contributed by atoms with van der Waals surface area (Å²) in [6, 6.07) is 7.31. The van der Waals surface area contributed by atoms with Crippen LogP contribution in [0.4, 0.5) is 29.7 Å². The van der Waals surface area contributed by atoms with E-state index in [1.165, 1.54) is 31.3 Å². The van der Waals surface area contributed by atoms with Gasteiger partial charge in [0.1, 0.15) is 0 Å². The zero-order valence-corrected chi connectivity index (χ0v) is 18.1. The van der Waals surface area contributed by atoms with Crippen molar-refractivity contribution in [3.8, 4) is 10.4 Å². The van der Waals surface area contributed by atoms with E-state index in [1.807, 2.05) is 0 Å². The predicted octanol–water partition coefficient (Wildman–Crippen LogP) is 5.66. The van der Waals surface area contributed by atoms with Gasteiger partial charge in [0.05, 0.1) is 16.3 Å². The Morgan fingerprint density at radius 1 is 1.16 bits per heavy atom. The van der Waals surface area contributed by atoms with Crippen molar-refractivity contribution in [1.82, 2.24) is 9.97 Å². The minimum Gasteiger partial charge on any atom is -0.302 e. The molecule has 0 atom stereocenters. The number of carbonyl (C=O) groups excluding carboxylic acids is 2. The van der Waals surface area contributed by atoms with Gasteiger partial charge in [-0.3, -0.25) is 14.5 Å². The van der Waals surface area contributed by atoms with Crippen molar-refractivity contribution in [3.63, 3.8) is 0 Å². The third kappa shape index (κ3) is 5.02. The number of aromatic nitrogens is 2. The number of pyridine rings is 1. The standard InChI is InChI=1S/C20H16ClF3N4O2S/c1-10-4-6-14(7-5-10)28(18(30)20(22,23)24)15-8-13(9-25-17(15)21)16-11(2)26-19(31-16)27-12(3)29/h4-9H,1-3H3,(H,26,27,29). The molecule has 2 heterocycles. The van der Waals surface area contributed by atoms with Crippen molar-refractivity contribution in [3.05, 3.63) is 52.9 Å². The predicted molar refractivity (Wildman–Crippen MR) is 114 cm³/mol. The fraction of sp³-hybridized carbons (Fsp3) is 0.200. The Kier molecular flexibility index (Phi) is 6.33. The first-order chi connectivity index (χ1) is 14.5. The molecule has 6 nitrogen and oxygen atoms in total. The van der Waals surface area contributed by atoms with Crippen LogP contribution in [0.1, 0.15) is 18.2 Å². The maximum atomic E-state index is 13.4. The number of rotatable bonds is 4. The van der Waals surface area contributed by atoms with Crippen LogP contribution in [0.3, 0.4) is 0 Å². The van der Waals surface area contributed by atoms with Gasteiger partial charge in [0.25, 0.3) is 0 Å². The maximum absolute atomic E-state index is 13.4. The molecule has 0 aliphatic rings. The maximum Gasteiger partial charge on any atom is 0.472 e. The second-order valence-corrected chi connectivity index (χ2v) is 7.98. The first kappa shape index (κ1) is 22.7. The molecular formula is C20H16ClF3N4O2S. The summed E-state index contributed by atoms with van der Waals surface area (Å²) < 4.78 is 40.2. The summed E-state index contributed by atoms with van der Waals surface area (Å²) in [5, 5.41) is 2.62. The van der Waals surface area contributed by atoms with Gasteiger partial charge in [-0.15, -0.1) is 0 Å². The van der Waals surface area contributed by atoms with E-state index in [1.54, 1.807) is 26.0 Å². The van der Waals surface area contributed by atoms with Crippen LogP contribution >= 0.6 is 22.9 Å². The first-order valence-electron chi connectivity index (χ1n) is 8.86. The molecule has 0 aliphatic heterocycles. The average molecular weight is 469 g/mol. The average Bonchev–Trinajstić information content (AvgIpc) is 3.03. The fourth-order valence-corrected chi connectivity index (χ4v) is 3.95. The number of amides is 2. The molecule has 3 rings (SSSR count). The number of anilines is 3. The molecule has 11 heteroatoms. The van der Waals surface area contributed by atoms with E-state index in [4.69, 9.17) is 11.6 Å². The van der Waals surface area contributed by atoms with Gasteiger partial charge in [-0.1, -0.05) is 40.6 Å². The third-order valence-corrected chi connectivity index (χ3v) is 5.55. The van der Waals surface area contributed by atoms with Crippen molar-refractivity contribution < 1.29 is 22.8 Å². The van der Waals surface area contributed by atoms with Crippen molar-refractivity contribution in [2.45, 2.75) is 26.9 Å². The summed E-state index contributed by atoms with van der Waals surface area (Å²) >= 11 is 7.25. The van der Waals surface area contributed by atoms with Gasteiger partial charge in [0.15, 0.2) is 10.3 Å². The van der Waals surface area contributed by atoms with Crippen LogP contribution in [-0.4, -0.2) is 28.0 Å². The molecule has 0 radical (unpaired) electrons. The number of hydrogen-bond acceptors (Lipinski definition) is 5. The Morgan fingerprint density at radius 2 is 1.81 bits per heavy atom. The minimum atomic E-state index is -5.14. The van der Waals surface area contributed by atoms with E-state index >= 15 is 0 Å². The Morgan fingerprint density at radius 3 is 2.39 bits per heavy atom. The van der Waals surface area contributed by atoms with Crippen LogP contribution in [0.2, 0.25) is 5.15 Å². The second kappa shape index (κ2) is 8.64. The van der Waals surface area contributed by atoms with Gasteiger partial charge in [0.2, 0.25) is 5.91 Å². The summed E-state index contributed by atoms with van der Waals surface area (Å²) in [4.78, 5) is 32.9. The number of nitrogens with zero attached hydrogens (tertiary/aromatic N) is 3. The zero-order chi connectivity index (χ0) is 22.9. The van der Waals surface area contributed by atoms with Crippen LogP contribution < -0.4 is 10.2 Å². The Balaban J connectivity index is 2.15. The number of halogens is 4. The van der Waals surface area contributed by atoms with Crippen LogP contribution in [0.25, 0.3) is 10.4 Å². The Labute approximate surface area is 184 Å². The van der Waals surface area contributed by atoms with Crippen LogP contribution in [0.5, 0.6) is 0 Å². The lowest BCUT2D eigenvalue weighted by Gasteiger charge is -2.25. The molecule has 0 spiro atoms. The third-order valence-electron chi connectivity index (χ3n) is 4.14. The monoisotopic (exact) mass is 468 g/mol. The molecule has 0 saturated carbocycles. The highest BCUT2D eigenvalue weighted by Gasteiger charge is 2.44. The highest BCUT2D eigenvalue weighted by molar-refractivity contribution is 7.19. The number of benzene rings is 1. The van der Waals surface area contributed by atoms with Gasteiger partial charge in [-0.25, -0.2) is 9.97 Å². The van der Waals surface area contributed by atoms with Gasteiger partial charge in [-0.2, -0.15) is 13.2 Å². The van der Waals surface area contributed by atoms with E-state index in [0.29, 0.717) is 26.2 Å². The number of aryl methyl sites for hydroxylation is 2. The quantitative estimate of drug-likeness (QED) is 0.501. The number of hydrogen-bond donors (Lipinski definition) is 1. The van der Waals surface area contributed by atoms with Gasteiger partial charge in [0, 0.05) is 24.4 Å². The molecule has 0 unspecified atom stereocenters. The summed E-state index contributed by atoms with van der Waals surface area (Å²) in [6.45, 7) is 4.79. The minimum absolute atomic E-state index is 0.00580. The molecular weight excluding hydrogens is 453 g/mol.